The van der Waals surface area contributed by atoms with E-state index in [1.165, 1.54) is 0 Å². The van der Waals surface area contributed by atoms with Crippen molar-refractivity contribution in [1.82, 2.24) is 10.6 Å². The molecule has 1 aliphatic heterocycles. The van der Waals surface area contributed by atoms with Gasteiger partial charge in [0, 0.05) is 24.0 Å². The number of rotatable bonds is 6. The van der Waals surface area contributed by atoms with E-state index in [9.17, 15) is 4.79 Å². The van der Waals surface area contributed by atoms with Crippen molar-refractivity contribution < 1.29 is 9.53 Å². The number of ether oxygens (including phenoxy) is 1. The first-order chi connectivity index (χ1) is 10.7. The van der Waals surface area contributed by atoms with Gasteiger partial charge < -0.3 is 15.4 Å². The lowest BCUT2D eigenvalue weighted by Crippen LogP contribution is -2.36. The average Bonchev–Trinajstić information content (AvgIpc) is 2.54. The topological polar surface area (TPSA) is 50.4 Å². The van der Waals surface area contributed by atoms with Gasteiger partial charge in [-0.15, -0.1) is 0 Å². The SMILES string of the molecule is CCCCNC(=O)OC(c1cccc(Cl)c1)[C@@H]1CCCNC1. The van der Waals surface area contributed by atoms with Crippen LogP contribution < -0.4 is 10.6 Å². The number of piperidine rings is 1. The van der Waals surface area contributed by atoms with Gasteiger partial charge in [0.05, 0.1) is 0 Å². The molecule has 0 aliphatic carbocycles. The molecule has 1 aromatic rings. The monoisotopic (exact) mass is 324 g/mol. The molecule has 5 heteroatoms. The highest BCUT2D eigenvalue weighted by Crippen LogP contribution is 2.32. The van der Waals surface area contributed by atoms with Crippen LogP contribution in [0.1, 0.15) is 44.3 Å². The van der Waals surface area contributed by atoms with Gasteiger partial charge in [-0.2, -0.15) is 0 Å². The van der Waals surface area contributed by atoms with Gasteiger partial charge >= 0.3 is 6.09 Å². The maximum absolute atomic E-state index is 12.0. The molecule has 0 bridgehead atoms. The summed E-state index contributed by atoms with van der Waals surface area (Å²) in [5.74, 6) is 0.282. The summed E-state index contributed by atoms with van der Waals surface area (Å²) in [6.07, 6.45) is 3.55. The number of carbonyl (C=O) groups excluding carboxylic acids is 1. The van der Waals surface area contributed by atoms with Crippen LogP contribution in [0.2, 0.25) is 5.02 Å². The molecular weight excluding hydrogens is 300 g/mol. The van der Waals surface area contributed by atoms with E-state index in [-0.39, 0.29) is 18.1 Å². The van der Waals surface area contributed by atoms with Gasteiger partial charge in [-0.05, 0) is 43.5 Å². The van der Waals surface area contributed by atoms with E-state index in [0.29, 0.717) is 11.6 Å². The van der Waals surface area contributed by atoms with Crippen molar-refractivity contribution in [1.29, 1.82) is 0 Å². The predicted molar refractivity (Wildman–Crippen MR) is 89.2 cm³/mol. The van der Waals surface area contributed by atoms with Gasteiger partial charge in [-0.25, -0.2) is 4.79 Å². The fraction of sp³-hybridized carbons (Fsp3) is 0.588. The molecule has 2 N–H and O–H groups in total. The van der Waals surface area contributed by atoms with E-state index in [1.807, 2.05) is 24.3 Å². The predicted octanol–water partition coefficient (Wildman–Crippen LogP) is 3.91. The third-order valence-corrected chi connectivity index (χ3v) is 4.21. The fourth-order valence-electron chi connectivity index (χ4n) is 2.78. The molecule has 0 radical (unpaired) electrons. The number of unbranched alkanes of at least 4 members (excludes halogenated alkanes) is 1. The summed E-state index contributed by atoms with van der Waals surface area (Å²) in [6, 6.07) is 7.60. The van der Waals surface area contributed by atoms with Crippen molar-refractivity contribution in [3.8, 4) is 0 Å². The first-order valence-electron chi connectivity index (χ1n) is 8.11. The Hall–Kier alpha value is -1.26. The smallest absolute Gasteiger partial charge is 0.407 e. The van der Waals surface area contributed by atoms with Crippen LogP contribution >= 0.6 is 11.6 Å². The highest BCUT2D eigenvalue weighted by atomic mass is 35.5. The van der Waals surface area contributed by atoms with Gasteiger partial charge in [0.1, 0.15) is 6.10 Å². The minimum absolute atomic E-state index is 0.256. The molecule has 1 amide bonds. The molecule has 1 unspecified atom stereocenters. The molecule has 0 saturated carbocycles. The highest BCUT2D eigenvalue weighted by molar-refractivity contribution is 6.30. The van der Waals surface area contributed by atoms with E-state index >= 15 is 0 Å². The third kappa shape index (κ3) is 5.18. The second-order valence-corrected chi connectivity index (χ2v) is 6.20. The average molecular weight is 325 g/mol. The normalized spacial score (nSPS) is 19.5. The molecule has 22 heavy (non-hydrogen) atoms. The van der Waals surface area contributed by atoms with Crippen LogP contribution in [0.5, 0.6) is 0 Å². The molecular formula is C17H25ClN2O2. The van der Waals surface area contributed by atoms with E-state index < -0.39 is 0 Å². The maximum Gasteiger partial charge on any atom is 0.407 e. The third-order valence-electron chi connectivity index (χ3n) is 3.97. The molecule has 122 valence electrons. The number of hydrogen-bond donors (Lipinski definition) is 2. The molecule has 2 atom stereocenters. The van der Waals surface area contributed by atoms with Crippen molar-refractivity contribution in [3.05, 3.63) is 34.9 Å². The number of hydrogen-bond acceptors (Lipinski definition) is 3. The molecule has 1 fully saturated rings. The van der Waals surface area contributed by atoms with Crippen molar-refractivity contribution in [2.75, 3.05) is 19.6 Å². The minimum Gasteiger partial charge on any atom is -0.441 e. The molecule has 1 aromatic carbocycles. The highest BCUT2D eigenvalue weighted by Gasteiger charge is 2.28. The Morgan fingerprint density at radius 2 is 2.41 bits per heavy atom. The Morgan fingerprint density at radius 1 is 1.55 bits per heavy atom. The quantitative estimate of drug-likeness (QED) is 0.780. The summed E-state index contributed by atoms with van der Waals surface area (Å²) >= 11 is 6.10. The number of benzene rings is 1. The van der Waals surface area contributed by atoms with E-state index in [4.69, 9.17) is 16.3 Å². The van der Waals surface area contributed by atoms with E-state index in [2.05, 4.69) is 17.6 Å². The molecule has 2 rings (SSSR count). The van der Waals surface area contributed by atoms with Gasteiger partial charge in [-0.3, -0.25) is 0 Å². The lowest BCUT2D eigenvalue weighted by Gasteiger charge is -2.30. The summed E-state index contributed by atoms with van der Waals surface area (Å²) in [4.78, 5) is 12.0. The molecule has 0 aromatic heterocycles. The zero-order valence-corrected chi connectivity index (χ0v) is 13.9. The standard InChI is InChI=1S/C17H25ClN2O2/c1-2-3-10-20-17(21)22-16(14-7-5-9-19-12-14)13-6-4-8-15(18)11-13/h4,6,8,11,14,16,19H,2-3,5,7,9-10,12H2,1H3,(H,20,21)/t14-,16?/m1/s1. The van der Waals surface area contributed by atoms with Gasteiger partial charge in [0.15, 0.2) is 0 Å². The summed E-state index contributed by atoms with van der Waals surface area (Å²) < 4.78 is 5.73. The van der Waals surface area contributed by atoms with Crippen molar-refractivity contribution in [3.63, 3.8) is 0 Å². The number of amides is 1. The van der Waals surface area contributed by atoms with Crippen LogP contribution in [-0.2, 0) is 4.74 Å². The van der Waals surface area contributed by atoms with Crippen LogP contribution in [0.3, 0.4) is 0 Å². The Morgan fingerprint density at radius 3 is 3.09 bits per heavy atom. The van der Waals surface area contributed by atoms with Crippen LogP contribution in [0, 0.1) is 5.92 Å². The molecule has 1 saturated heterocycles. The fourth-order valence-corrected chi connectivity index (χ4v) is 2.98. The number of alkyl carbamates (subject to hydrolysis) is 1. The molecule has 0 spiro atoms. The number of halogens is 1. The maximum atomic E-state index is 12.0. The molecule has 1 heterocycles. The van der Waals surface area contributed by atoms with Crippen molar-refractivity contribution in [2.24, 2.45) is 5.92 Å². The number of carbonyl (C=O) groups is 1. The first-order valence-corrected chi connectivity index (χ1v) is 8.49. The number of nitrogens with one attached hydrogen (secondary N) is 2. The van der Waals surface area contributed by atoms with Crippen molar-refractivity contribution >= 4 is 17.7 Å². The van der Waals surface area contributed by atoms with Crippen LogP contribution in [0.4, 0.5) is 4.79 Å². The van der Waals surface area contributed by atoms with E-state index in [0.717, 1.165) is 44.3 Å². The van der Waals surface area contributed by atoms with Crippen LogP contribution in [-0.4, -0.2) is 25.7 Å². The molecule has 4 nitrogen and oxygen atoms in total. The summed E-state index contributed by atoms with van der Waals surface area (Å²) in [5, 5.41) is 6.87. The summed E-state index contributed by atoms with van der Waals surface area (Å²) in [7, 11) is 0. The Balaban J connectivity index is 2.05. The van der Waals surface area contributed by atoms with Crippen LogP contribution in [0.15, 0.2) is 24.3 Å². The van der Waals surface area contributed by atoms with Crippen LogP contribution in [0.25, 0.3) is 0 Å². The molecule has 1 aliphatic rings. The largest absolute Gasteiger partial charge is 0.441 e. The zero-order valence-electron chi connectivity index (χ0n) is 13.1. The summed E-state index contributed by atoms with van der Waals surface area (Å²) in [6.45, 7) is 4.64. The van der Waals surface area contributed by atoms with E-state index in [1.54, 1.807) is 0 Å². The van der Waals surface area contributed by atoms with Crippen molar-refractivity contribution in [2.45, 2.75) is 38.7 Å². The lowest BCUT2D eigenvalue weighted by molar-refractivity contribution is 0.0519. The first kappa shape index (κ1) is 17.1. The van der Waals surface area contributed by atoms with Gasteiger partial charge in [0.2, 0.25) is 0 Å². The Bertz CT molecular complexity index is 475. The lowest BCUT2D eigenvalue weighted by atomic mass is 9.89. The minimum atomic E-state index is -0.344. The van der Waals surface area contributed by atoms with Gasteiger partial charge in [0.25, 0.3) is 0 Å². The Kier molecular flexibility index (Phi) is 7.00. The Labute approximate surface area is 137 Å². The zero-order chi connectivity index (χ0) is 15.8. The summed E-state index contributed by atoms with van der Waals surface area (Å²) in [5.41, 5.74) is 0.965. The van der Waals surface area contributed by atoms with Gasteiger partial charge in [-0.1, -0.05) is 37.1 Å². The second-order valence-electron chi connectivity index (χ2n) is 5.77. The second kappa shape index (κ2) is 9.01.